The number of aromatic nitrogens is 4. The Bertz CT molecular complexity index is 1100. The lowest BCUT2D eigenvalue weighted by Gasteiger charge is -2.16. The molecule has 0 atom stereocenters. The standard InChI is InChI=1S/C19H24N6O2S/c1-14-5-6-15(2)17(11-14)28(26,27)23-7-10-25-19-16(12-22-25)18(20-13-21-19)24-8-3-4-9-24/h5-6,11-13,23H,3-4,7-10H2,1-2H3. The van der Waals surface area contributed by atoms with Crippen LogP contribution in [0.5, 0.6) is 0 Å². The van der Waals surface area contributed by atoms with Gasteiger partial charge in [0.1, 0.15) is 12.1 Å². The van der Waals surface area contributed by atoms with Crippen LogP contribution in [0.15, 0.2) is 35.6 Å². The van der Waals surface area contributed by atoms with E-state index in [4.69, 9.17) is 0 Å². The topological polar surface area (TPSA) is 93.0 Å². The Morgan fingerprint density at radius 2 is 1.93 bits per heavy atom. The van der Waals surface area contributed by atoms with Crippen molar-refractivity contribution in [3.8, 4) is 0 Å². The number of anilines is 1. The molecule has 0 aliphatic carbocycles. The molecule has 148 valence electrons. The fraction of sp³-hybridized carbons (Fsp3) is 0.421. The monoisotopic (exact) mass is 400 g/mol. The van der Waals surface area contributed by atoms with E-state index in [9.17, 15) is 8.42 Å². The molecule has 0 amide bonds. The molecule has 0 spiro atoms. The molecule has 1 N–H and O–H groups in total. The minimum Gasteiger partial charge on any atom is -0.356 e. The van der Waals surface area contributed by atoms with Gasteiger partial charge < -0.3 is 4.90 Å². The first kappa shape index (κ1) is 18.8. The van der Waals surface area contributed by atoms with Gasteiger partial charge in [0.2, 0.25) is 10.0 Å². The zero-order chi connectivity index (χ0) is 19.7. The van der Waals surface area contributed by atoms with Gasteiger partial charge in [-0.15, -0.1) is 0 Å². The minimum absolute atomic E-state index is 0.232. The normalized spacial score (nSPS) is 14.9. The number of benzene rings is 1. The Hall–Kier alpha value is -2.52. The maximum Gasteiger partial charge on any atom is 0.240 e. The van der Waals surface area contributed by atoms with Crippen LogP contribution in [0.4, 0.5) is 5.82 Å². The first-order valence-corrected chi connectivity index (χ1v) is 10.9. The van der Waals surface area contributed by atoms with Crippen molar-refractivity contribution in [1.82, 2.24) is 24.5 Å². The second-order valence-corrected chi connectivity index (χ2v) is 8.90. The van der Waals surface area contributed by atoms with E-state index in [2.05, 4.69) is 24.7 Å². The smallest absolute Gasteiger partial charge is 0.240 e. The summed E-state index contributed by atoms with van der Waals surface area (Å²) < 4.78 is 29.7. The fourth-order valence-electron chi connectivity index (χ4n) is 3.59. The van der Waals surface area contributed by atoms with Gasteiger partial charge in [0.05, 0.1) is 23.0 Å². The lowest BCUT2D eigenvalue weighted by atomic mass is 10.2. The molecular formula is C19H24N6O2S. The van der Waals surface area contributed by atoms with Crippen molar-refractivity contribution in [2.75, 3.05) is 24.5 Å². The zero-order valence-electron chi connectivity index (χ0n) is 16.1. The van der Waals surface area contributed by atoms with Crippen LogP contribution < -0.4 is 9.62 Å². The summed E-state index contributed by atoms with van der Waals surface area (Å²) in [6, 6.07) is 5.42. The molecular weight excluding hydrogens is 376 g/mol. The quantitative estimate of drug-likeness (QED) is 0.680. The van der Waals surface area contributed by atoms with E-state index in [-0.39, 0.29) is 6.54 Å². The molecule has 0 radical (unpaired) electrons. The third-order valence-electron chi connectivity index (χ3n) is 5.07. The lowest BCUT2D eigenvalue weighted by molar-refractivity contribution is 0.564. The number of rotatable bonds is 6. The molecule has 1 aliphatic rings. The van der Waals surface area contributed by atoms with Gasteiger partial charge in [-0.3, -0.25) is 0 Å². The second-order valence-electron chi connectivity index (χ2n) is 7.16. The van der Waals surface area contributed by atoms with Gasteiger partial charge in [-0.25, -0.2) is 27.8 Å². The molecule has 28 heavy (non-hydrogen) atoms. The van der Waals surface area contributed by atoms with Crippen molar-refractivity contribution >= 4 is 26.9 Å². The second kappa shape index (κ2) is 7.48. The van der Waals surface area contributed by atoms with Crippen molar-refractivity contribution in [2.45, 2.75) is 38.1 Å². The van der Waals surface area contributed by atoms with Gasteiger partial charge in [0, 0.05) is 19.6 Å². The van der Waals surface area contributed by atoms with Crippen LogP contribution in [0.1, 0.15) is 24.0 Å². The molecule has 1 aliphatic heterocycles. The number of nitrogens with one attached hydrogen (secondary N) is 1. The van der Waals surface area contributed by atoms with E-state index in [1.807, 2.05) is 19.1 Å². The minimum atomic E-state index is -3.57. The molecule has 1 saturated heterocycles. The number of hydrogen-bond acceptors (Lipinski definition) is 6. The lowest BCUT2D eigenvalue weighted by Crippen LogP contribution is -2.28. The van der Waals surface area contributed by atoms with Crippen LogP contribution in [0, 0.1) is 13.8 Å². The van der Waals surface area contributed by atoms with Crippen LogP contribution >= 0.6 is 0 Å². The highest BCUT2D eigenvalue weighted by atomic mass is 32.2. The Morgan fingerprint density at radius 1 is 1.14 bits per heavy atom. The highest BCUT2D eigenvalue weighted by Gasteiger charge is 2.20. The van der Waals surface area contributed by atoms with Crippen molar-refractivity contribution in [1.29, 1.82) is 0 Å². The summed E-state index contributed by atoms with van der Waals surface area (Å²) in [4.78, 5) is 11.4. The van der Waals surface area contributed by atoms with Crippen LogP contribution in [0.2, 0.25) is 0 Å². The first-order chi connectivity index (χ1) is 13.5. The van der Waals surface area contributed by atoms with Gasteiger partial charge in [0.15, 0.2) is 5.65 Å². The van der Waals surface area contributed by atoms with Gasteiger partial charge in [-0.1, -0.05) is 12.1 Å². The van der Waals surface area contributed by atoms with E-state index >= 15 is 0 Å². The summed E-state index contributed by atoms with van der Waals surface area (Å²) in [6.45, 7) is 6.29. The Morgan fingerprint density at radius 3 is 2.71 bits per heavy atom. The van der Waals surface area contributed by atoms with Crippen molar-refractivity contribution in [3.63, 3.8) is 0 Å². The third-order valence-corrected chi connectivity index (χ3v) is 6.67. The summed E-state index contributed by atoms with van der Waals surface area (Å²) in [6.07, 6.45) is 5.65. The number of sulfonamides is 1. The SMILES string of the molecule is Cc1ccc(C)c(S(=O)(=O)NCCn2ncc3c(N4CCCC4)ncnc32)c1. The van der Waals surface area contributed by atoms with Crippen LogP contribution in [0.25, 0.3) is 11.0 Å². The molecule has 9 heteroatoms. The van der Waals surface area contributed by atoms with Crippen molar-refractivity contribution in [3.05, 3.63) is 41.9 Å². The molecule has 0 saturated carbocycles. The fourth-order valence-corrected chi connectivity index (χ4v) is 4.93. The molecule has 4 rings (SSSR count). The molecule has 3 aromatic rings. The average Bonchev–Trinajstić information content (AvgIpc) is 3.33. The summed E-state index contributed by atoms with van der Waals surface area (Å²) in [5.41, 5.74) is 2.36. The molecule has 3 heterocycles. The van der Waals surface area contributed by atoms with Crippen LogP contribution in [-0.4, -0.2) is 47.8 Å². The van der Waals surface area contributed by atoms with E-state index in [1.165, 1.54) is 12.8 Å². The molecule has 8 nitrogen and oxygen atoms in total. The highest BCUT2D eigenvalue weighted by molar-refractivity contribution is 7.89. The largest absolute Gasteiger partial charge is 0.356 e. The maximum atomic E-state index is 12.7. The summed E-state index contributed by atoms with van der Waals surface area (Å²) in [5, 5.41) is 5.31. The van der Waals surface area contributed by atoms with Crippen molar-refractivity contribution in [2.24, 2.45) is 0 Å². The van der Waals surface area contributed by atoms with E-state index in [1.54, 1.807) is 30.2 Å². The van der Waals surface area contributed by atoms with Gasteiger partial charge in [-0.2, -0.15) is 5.10 Å². The Kier molecular flexibility index (Phi) is 5.03. The molecule has 0 unspecified atom stereocenters. The Balaban J connectivity index is 1.50. The summed E-state index contributed by atoms with van der Waals surface area (Å²) >= 11 is 0. The van der Waals surface area contributed by atoms with Gasteiger partial charge >= 0.3 is 0 Å². The van der Waals surface area contributed by atoms with Crippen molar-refractivity contribution < 1.29 is 8.42 Å². The zero-order valence-corrected chi connectivity index (χ0v) is 16.9. The first-order valence-electron chi connectivity index (χ1n) is 9.44. The molecule has 2 aromatic heterocycles. The van der Waals surface area contributed by atoms with Gasteiger partial charge in [-0.05, 0) is 43.9 Å². The van der Waals surface area contributed by atoms with E-state index in [0.29, 0.717) is 11.4 Å². The summed E-state index contributed by atoms with van der Waals surface area (Å²) in [7, 11) is -3.57. The Labute approximate surface area is 164 Å². The average molecular weight is 401 g/mol. The van der Waals surface area contributed by atoms with E-state index in [0.717, 1.165) is 41.1 Å². The third kappa shape index (κ3) is 3.59. The molecule has 0 bridgehead atoms. The highest BCUT2D eigenvalue weighted by Crippen LogP contribution is 2.25. The van der Waals surface area contributed by atoms with Crippen LogP contribution in [0.3, 0.4) is 0 Å². The number of nitrogens with zero attached hydrogens (tertiary/aromatic N) is 5. The molecule has 1 aromatic carbocycles. The van der Waals surface area contributed by atoms with Crippen LogP contribution in [-0.2, 0) is 16.6 Å². The predicted molar refractivity (Wildman–Crippen MR) is 108 cm³/mol. The van der Waals surface area contributed by atoms with Gasteiger partial charge in [0.25, 0.3) is 0 Å². The predicted octanol–water partition coefficient (Wildman–Crippen LogP) is 2.02. The molecule has 1 fully saturated rings. The number of hydrogen-bond donors (Lipinski definition) is 1. The van der Waals surface area contributed by atoms with E-state index < -0.39 is 10.0 Å². The summed E-state index contributed by atoms with van der Waals surface area (Å²) in [5.74, 6) is 0.907. The number of aryl methyl sites for hydroxylation is 2. The number of fused-ring (bicyclic) bond motifs is 1. The maximum absolute atomic E-state index is 12.7.